The zero-order valence-electron chi connectivity index (χ0n) is 11.1. The number of nitrogens with one attached hydrogen (secondary N) is 1. The lowest BCUT2D eigenvalue weighted by molar-refractivity contribution is 0.0694. The monoisotopic (exact) mass is 320 g/mol. The number of benzene rings is 2. The van der Waals surface area contributed by atoms with Crippen molar-refractivity contribution in [2.45, 2.75) is 6.42 Å². The summed E-state index contributed by atoms with van der Waals surface area (Å²) < 4.78 is 12.9. The van der Waals surface area contributed by atoms with Crippen molar-refractivity contribution in [3.63, 3.8) is 0 Å². The fraction of sp³-hybridized carbons (Fsp3) is 0.0667. The molecule has 0 saturated carbocycles. The Balaban J connectivity index is 2.06. The van der Waals surface area contributed by atoms with Crippen LogP contribution in [0.3, 0.4) is 0 Å². The lowest BCUT2D eigenvalue weighted by atomic mass is 10.1. The maximum Gasteiger partial charge on any atom is 0.339 e. The molecular formula is C15H10ClFN2O3. The molecule has 0 fully saturated rings. The number of carbonyl (C=O) groups is 1. The third kappa shape index (κ3) is 2.48. The van der Waals surface area contributed by atoms with Crippen LogP contribution >= 0.6 is 11.6 Å². The van der Waals surface area contributed by atoms with Crippen LogP contribution in [0.15, 0.2) is 30.3 Å². The van der Waals surface area contributed by atoms with Gasteiger partial charge in [-0.3, -0.25) is 0 Å². The molecule has 0 aliphatic heterocycles. The predicted octanol–water partition coefficient (Wildman–Crippen LogP) is 3.35. The number of carboxylic acids is 1. The second-order valence-corrected chi connectivity index (χ2v) is 5.18. The van der Waals surface area contributed by atoms with E-state index in [-0.39, 0.29) is 21.9 Å². The average Bonchev–Trinajstić information content (AvgIpc) is 2.90. The summed E-state index contributed by atoms with van der Waals surface area (Å²) >= 11 is 6.02. The lowest BCUT2D eigenvalue weighted by Gasteiger charge is -2.01. The van der Waals surface area contributed by atoms with Crippen LogP contribution in [0, 0.1) is 5.82 Å². The summed E-state index contributed by atoms with van der Waals surface area (Å²) in [7, 11) is 0. The van der Waals surface area contributed by atoms with Crippen molar-refractivity contribution in [1.82, 2.24) is 9.97 Å². The first kappa shape index (κ1) is 14.3. The molecule has 0 bridgehead atoms. The molecule has 0 aliphatic rings. The number of aromatic carboxylic acids is 1. The molecule has 3 aromatic rings. The fourth-order valence-electron chi connectivity index (χ4n) is 2.20. The second kappa shape index (κ2) is 5.31. The van der Waals surface area contributed by atoms with Crippen LogP contribution in [-0.4, -0.2) is 26.2 Å². The summed E-state index contributed by atoms with van der Waals surface area (Å²) in [5.74, 6) is -1.57. The summed E-state index contributed by atoms with van der Waals surface area (Å²) in [6.07, 6.45) is 0.368. The molecule has 7 heteroatoms. The summed E-state index contributed by atoms with van der Waals surface area (Å²) in [6, 6.07) is 7.08. The van der Waals surface area contributed by atoms with Crippen LogP contribution in [-0.2, 0) is 6.42 Å². The fourth-order valence-corrected chi connectivity index (χ4v) is 2.45. The van der Waals surface area contributed by atoms with Crippen molar-refractivity contribution in [2.24, 2.45) is 0 Å². The molecule has 0 amide bonds. The number of fused-ring (bicyclic) bond motifs is 1. The maximum atomic E-state index is 12.9. The summed E-state index contributed by atoms with van der Waals surface area (Å²) in [5, 5.41) is 19.2. The zero-order valence-corrected chi connectivity index (χ0v) is 11.9. The first-order valence-electron chi connectivity index (χ1n) is 6.33. The van der Waals surface area contributed by atoms with E-state index in [1.165, 1.54) is 18.2 Å². The van der Waals surface area contributed by atoms with Crippen molar-refractivity contribution >= 4 is 28.6 Å². The van der Waals surface area contributed by atoms with Crippen LogP contribution in [0.5, 0.6) is 5.75 Å². The molecule has 22 heavy (non-hydrogen) atoms. The van der Waals surface area contributed by atoms with E-state index in [1.807, 2.05) is 0 Å². The van der Waals surface area contributed by atoms with Gasteiger partial charge in [-0.2, -0.15) is 0 Å². The quantitative estimate of drug-likeness (QED) is 0.690. The van der Waals surface area contributed by atoms with E-state index in [4.69, 9.17) is 16.7 Å². The van der Waals surface area contributed by atoms with E-state index in [0.717, 1.165) is 5.56 Å². The van der Waals surface area contributed by atoms with Gasteiger partial charge in [-0.25, -0.2) is 14.2 Å². The summed E-state index contributed by atoms with van der Waals surface area (Å²) in [5.41, 5.74) is 0.968. The van der Waals surface area contributed by atoms with Gasteiger partial charge in [-0.1, -0.05) is 23.7 Å². The third-order valence-corrected chi connectivity index (χ3v) is 3.56. The molecule has 0 spiro atoms. The van der Waals surface area contributed by atoms with Crippen LogP contribution in [0.1, 0.15) is 21.7 Å². The number of aromatic nitrogens is 2. The van der Waals surface area contributed by atoms with Gasteiger partial charge >= 0.3 is 5.97 Å². The highest BCUT2D eigenvalue weighted by atomic mass is 35.5. The minimum atomic E-state index is -1.29. The topological polar surface area (TPSA) is 86.2 Å². The highest BCUT2D eigenvalue weighted by molar-refractivity contribution is 6.35. The molecule has 1 heterocycles. The largest absolute Gasteiger partial charge is 0.505 e. The molecular weight excluding hydrogens is 311 g/mol. The molecule has 0 atom stereocenters. The van der Waals surface area contributed by atoms with Crippen molar-refractivity contribution in [1.29, 1.82) is 0 Å². The Morgan fingerprint density at radius 2 is 2.00 bits per heavy atom. The minimum absolute atomic E-state index is 0.0991. The number of nitrogens with zero attached hydrogens (tertiary/aromatic N) is 1. The maximum absolute atomic E-state index is 12.9. The Bertz CT molecular complexity index is 875. The Hall–Kier alpha value is -2.60. The number of hydrogen-bond donors (Lipinski definition) is 3. The molecule has 0 radical (unpaired) electrons. The zero-order chi connectivity index (χ0) is 15.9. The van der Waals surface area contributed by atoms with Gasteiger partial charge in [0, 0.05) is 6.42 Å². The first-order valence-corrected chi connectivity index (χ1v) is 6.71. The molecule has 0 aliphatic carbocycles. The smallest absolute Gasteiger partial charge is 0.339 e. The summed E-state index contributed by atoms with van der Waals surface area (Å²) in [6.45, 7) is 0. The van der Waals surface area contributed by atoms with E-state index in [0.29, 0.717) is 17.8 Å². The molecule has 5 nitrogen and oxygen atoms in total. The number of aromatic hydroxyl groups is 1. The van der Waals surface area contributed by atoms with Gasteiger partial charge in [0.1, 0.15) is 22.7 Å². The molecule has 0 unspecified atom stereocenters. The lowest BCUT2D eigenvalue weighted by Crippen LogP contribution is -1.97. The molecule has 3 rings (SSSR count). The normalized spacial score (nSPS) is 11.0. The number of halogens is 2. The van der Waals surface area contributed by atoms with Crippen molar-refractivity contribution < 1.29 is 19.4 Å². The Labute approximate surface area is 129 Å². The number of H-pyrrole nitrogens is 1. The third-order valence-electron chi connectivity index (χ3n) is 3.26. The average molecular weight is 321 g/mol. The highest BCUT2D eigenvalue weighted by Crippen LogP contribution is 2.33. The predicted molar refractivity (Wildman–Crippen MR) is 78.9 cm³/mol. The number of hydrogen-bond acceptors (Lipinski definition) is 3. The molecule has 3 N–H and O–H groups in total. The van der Waals surface area contributed by atoms with Gasteiger partial charge in [0.25, 0.3) is 0 Å². The molecule has 2 aromatic carbocycles. The standard InChI is InChI=1S/C15H10ClFN2O3/c16-10-6-9(15(21)22)14(20)13-12(10)18-11(19-13)5-7-1-3-8(17)4-2-7/h1-4,6,20H,5H2,(H,18,19)(H,21,22). The Morgan fingerprint density at radius 1 is 1.32 bits per heavy atom. The van der Waals surface area contributed by atoms with Gasteiger partial charge in [-0.05, 0) is 23.8 Å². The highest BCUT2D eigenvalue weighted by Gasteiger charge is 2.19. The van der Waals surface area contributed by atoms with Gasteiger partial charge in [0.15, 0.2) is 5.75 Å². The van der Waals surface area contributed by atoms with Gasteiger partial charge < -0.3 is 15.2 Å². The number of phenols is 1. The van der Waals surface area contributed by atoms with Crippen molar-refractivity contribution in [3.05, 3.63) is 58.1 Å². The van der Waals surface area contributed by atoms with Crippen LogP contribution in [0.2, 0.25) is 5.02 Å². The van der Waals surface area contributed by atoms with Crippen molar-refractivity contribution in [2.75, 3.05) is 0 Å². The minimum Gasteiger partial charge on any atom is -0.505 e. The second-order valence-electron chi connectivity index (χ2n) is 4.77. The summed E-state index contributed by atoms with van der Waals surface area (Å²) in [4.78, 5) is 18.2. The Kier molecular flexibility index (Phi) is 3.46. The Morgan fingerprint density at radius 3 is 2.64 bits per heavy atom. The number of carboxylic acid groups (broad SMARTS) is 1. The number of imidazole rings is 1. The van der Waals surface area contributed by atoms with E-state index in [9.17, 15) is 14.3 Å². The van der Waals surface area contributed by atoms with Gasteiger partial charge in [-0.15, -0.1) is 0 Å². The van der Waals surface area contributed by atoms with Crippen LogP contribution < -0.4 is 0 Å². The number of aromatic amines is 1. The van der Waals surface area contributed by atoms with Crippen molar-refractivity contribution in [3.8, 4) is 5.75 Å². The molecule has 112 valence electrons. The molecule has 0 saturated heterocycles. The number of rotatable bonds is 3. The van der Waals surface area contributed by atoms with Crippen LogP contribution in [0.25, 0.3) is 11.0 Å². The van der Waals surface area contributed by atoms with Gasteiger partial charge in [0.2, 0.25) is 0 Å². The van der Waals surface area contributed by atoms with E-state index in [1.54, 1.807) is 12.1 Å². The molecule has 1 aromatic heterocycles. The van der Waals surface area contributed by atoms with E-state index >= 15 is 0 Å². The van der Waals surface area contributed by atoms with E-state index < -0.39 is 11.7 Å². The first-order chi connectivity index (χ1) is 10.5. The van der Waals surface area contributed by atoms with E-state index in [2.05, 4.69) is 9.97 Å². The van der Waals surface area contributed by atoms with Crippen LogP contribution in [0.4, 0.5) is 4.39 Å². The van der Waals surface area contributed by atoms with Gasteiger partial charge in [0.05, 0.1) is 10.5 Å². The SMILES string of the molecule is O=C(O)c1cc(Cl)c2[nH]c(Cc3ccc(F)cc3)nc2c1O.